The highest BCUT2D eigenvalue weighted by Crippen LogP contribution is 2.40. The number of halogens is 2. The highest BCUT2D eigenvalue weighted by molar-refractivity contribution is 6.35. The predicted molar refractivity (Wildman–Crippen MR) is 118 cm³/mol. The third-order valence-electron chi connectivity index (χ3n) is 5.22. The van der Waals surface area contributed by atoms with Crippen molar-refractivity contribution in [1.82, 2.24) is 4.98 Å². The summed E-state index contributed by atoms with van der Waals surface area (Å²) in [5.41, 5.74) is 1.27. The van der Waals surface area contributed by atoms with Crippen LogP contribution in [-0.2, 0) is 19.7 Å². The maximum Gasteiger partial charge on any atom is 0.235 e. The number of nitrogens with zero attached hydrogens (tertiary/aromatic N) is 1. The van der Waals surface area contributed by atoms with E-state index in [2.05, 4.69) is 10.3 Å². The van der Waals surface area contributed by atoms with Crippen LogP contribution < -0.4 is 10.1 Å². The zero-order valence-corrected chi connectivity index (χ0v) is 18.7. The number of carbonyl (C=O) groups excluding carboxylic acids is 1. The number of hydrogen-bond donors (Lipinski definition) is 1. The van der Waals surface area contributed by atoms with Gasteiger partial charge < -0.3 is 19.5 Å². The number of amides is 1. The van der Waals surface area contributed by atoms with E-state index >= 15 is 0 Å². The largest absolute Gasteiger partial charge is 0.475 e. The molecule has 1 aliphatic rings. The molecule has 0 unspecified atom stereocenters. The first-order valence-corrected chi connectivity index (χ1v) is 10.7. The standard InChI is InChI=1S/C22H26Cl2N2O4/c1-3-28-12-13-30-20-7-6-19(15(2)25-20)26-21(27)22(8-10-29-11-9-22)17-5-4-16(23)14-18(17)24/h4-7,14H,3,8-13H2,1-2H3,(H,26,27). The lowest BCUT2D eigenvalue weighted by Crippen LogP contribution is -2.45. The number of benzene rings is 1. The number of carbonyl (C=O) groups is 1. The van der Waals surface area contributed by atoms with E-state index < -0.39 is 5.41 Å². The molecule has 3 rings (SSSR count). The Morgan fingerprint density at radius 3 is 2.63 bits per heavy atom. The van der Waals surface area contributed by atoms with Crippen molar-refractivity contribution in [3.05, 3.63) is 51.6 Å². The lowest BCUT2D eigenvalue weighted by Gasteiger charge is -2.37. The molecule has 30 heavy (non-hydrogen) atoms. The predicted octanol–water partition coefficient (Wildman–Crippen LogP) is 4.80. The van der Waals surface area contributed by atoms with E-state index in [1.54, 1.807) is 24.3 Å². The van der Waals surface area contributed by atoms with Crippen LogP contribution >= 0.6 is 23.2 Å². The lowest BCUT2D eigenvalue weighted by molar-refractivity contribution is -0.125. The van der Waals surface area contributed by atoms with Gasteiger partial charge in [0.25, 0.3) is 0 Å². The molecule has 162 valence electrons. The van der Waals surface area contributed by atoms with Gasteiger partial charge in [0, 0.05) is 35.9 Å². The molecule has 2 heterocycles. The van der Waals surface area contributed by atoms with E-state index in [9.17, 15) is 4.79 Å². The molecule has 0 radical (unpaired) electrons. The quantitative estimate of drug-likeness (QED) is 0.582. The third kappa shape index (κ3) is 5.24. The van der Waals surface area contributed by atoms with Crippen LogP contribution in [0, 0.1) is 6.92 Å². The molecule has 6 nitrogen and oxygen atoms in total. The molecule has 8 heteroatoms. The highest BCUT2D eigenvalue weighted by Gasteiger charge is 2.43. The van der Waals surface area contributed by atoms with E-state index in [1.165, 1.54) is 0 Å². The number of nitrogens with one attached hydrogen (secondary N) is 1. The first kappa shape index (κ1) is 22.8. The minimum atomic E-state index is -0.793. The van der Waals surface area contributed by atoms with Crippen molar-refractivity contribution >= 4 is 34.8 Å². The maximum absolute atomic E-state index is 13.5. The zero-order valence-electron chi connectivity index (χ0n) is 17.2. The lowest BCUT2D eigenvalue weighted by atomic mass is 9.73. The fourth-order valence-electron chi connectivity index (χ4n) is 3.56. The molecule has 0 saturated carbocycles. The second-order valence-electron chi connectivity index (χ2n) is 7.10. The van der Waals surface area contributed by atoms with Gasteiger partial charge in [0.1, 0.15) is 6.61 Å². The van der Waals surface area contributed by atoms with E-state index in [0.717, 1.165) is 5.56 Å². The van der Waals surface area contributed by atoms with Crippen molar-refractivity contribution < 1.29 is 19.0 Å². The Morgan fingerprint density at radius 1 is 1.20 bits per heavy atom. The highest BCUT2D eigenvalue weighted by atomic mass is 35.5. The Hall–Kier alpha value is -1.86. The van der Waals surface area contributed by atoms with Crippen molar-refractivity contribution in [3.63, 3.8) is 0 Å². The number of pyridine rings is 1. The van der Waals surface area contributed by atoms with Crippen LogP contribution in [0.25, 0.3) is 0 Å². The van der Waals surface area contributed by atoms with Gasteiger partial charge in [-0.25, -0.2) is 4.98 Å². The number of hydrogen-bond acceptors (Lipinski definition) is 5. The minimum absolute atomic E-state index is 0.134. The number of anilines is 1. The molecule has 2 aromatic rings. The van der Waals surface area contributed by atoms with Gasteiger partial charge in [-0.2, -0.15) is 0 Å². The molecule has 1 saturated heterocycles. The van der Waals surface area contributed by atoms with Crippen LogP contribution in [0.3, 0.4) is 0 Å². The van der Waals surface area contributed by atoms with Crippen LogP contribution in [0.5, 0.6) is 5.88 Å². The molecule has 0 atom stereocenters. The summed E-state index contributed by atoms with van der Waals surface area (Å²) < 4.78 is 16.4. The average molecular weight is 453 g/mol. The fraction of sp³-hybridized carbons (Fsp3) is 0.455. The van der Waals surface area contributed by atoms with Gasteiger partial charge in [-0.1, -0.05) is 29.3 Å². The molecule has 0 spiro atoms. The van der Waals surface area contributed by atoms with Crippen LogP contribution in [0.1, 0.15) is 31.0 Å². The van der Waals surface area contributed by atoms with Crippen LogP contribution in [0.4, 0.5) is 5.69 Å². The molecule has 1 aromatic carbocycles. The van der Waals surface area contributed by atoms with Crippen LogP contribution in [0.15, 0.2) is 30.3 Å². The van der Waals surface area contributed by atoms with Gasteiger partial charge in [0.2, 0.25) is 11.8 Å². The topological polar surface area (TPSA) is 69.7 Å². The van der Waals surface area contributed by atoms with Gasteiger partial charge in [-0.05, 0) is 50.5 Å². The van der Waals surface area contributed by atoms with Crippen LogP contribution in [0.2, 0.25) is 10.0 Å². The van der Waals surface area contributed by atoms with Crippen molar-refractivity contribution in [3.8, 4) is 5.88 Å². The normalized spacial score (nSPS) is 15.6. The second kappa shape index (κ2) is 10.4. The number of aromatic nitrogens is 1. The first-order chi connectivity index (χ1) is 14.5. The summed E-state index contributed by atoms with van der Waals surface area (Å²) in [5, 5.41) is 4.05. The SMILES string of the molecule is CCOCCOc1ccc(NC(=O)C2(c3ccc(Cl)cc3Cl)CCOCC2)c(C)n1. The van der Waals surface area contributed by atoms with Gasteiger partial charge in [0.05, 0.1) is 23.4 Å². The molecule has 1 aliphatic heterocycles. The summed E-state index contributed by atoms with van der Waals surface area (Å²) >= 11 is 12.5. The Morgan fingerprint density at radius 2 is 1.97 bits per heavy atom. The van der Waals surface area contributed by atoms with Gasteiger partial charge in [0.15, 0.2) is 0 Å². The number of ether oxygens (including phenoxy) is 3. The zero-order chi connectivity index (χ0) is 21.6. The van der Waals surface area contributed by atoms with Crippen molar-refractivity contribution in [2.75, 3.05) is 38.4 Å². The molecular weight excluding hydrogens is 427 g/mol. The molecular formula is C22H26Cl2N2O4. The van der Waals surface area contributed by atoms with E-state index in [1.807, 2.05) is 19.9 Å². The van der Waals surface area contributed by atoms with Crippen molar-refractivity contribution in [2.45, 2.75) is 32.1 Å². The van der Waals surface area contributed by atoms with Crippen molar-refractivity contribution in [2.24, 2.45) is 0 Å². The maximum atomic E-state index is 13.5. The Labute approximate surface area is 186 Å². The summed E-state index contributed by atoms with van der Waals surface area (Å²) in [5.74, 6) is 0.358. The summed E-state index contributed by atoms with van der Waals surface area (Å²) in [6, 6.07) is 8.79. The van der Waals surface area contributed by atoms with Gasteiger partial charge >= 0.3 is 0 Å². The fourth-order valence-corrected chi connectivity index (χ4v) is 4.15. The Bertz CT molecular complexity index is 885. The molecule has 1 amide bonds. The van der Waals surface area contributed by atoms with Crippen molar-refractivity contribution in [1.29, 1.82) is 0 Å². The van der Waals surface area contributed by atoms with Gasteiger partial charge in [-0.15, -0.1) is 0 Å². The van der Waals surface area contributed by atoms with Gasteiger partial charge in [-0.3, -0.25) is 4.79 Å². The summed E-state index contributed by atoms with van der Waals surface area (Å²) in [6.07, 6.45) is 1.07. The molecule has 1 aromatic heterocycles. The molecule has 1 N–H and O–H groups in total. The number of rotatable bonds is 8. The minimum Gasteiger partial charge on any atom is -0.475 e. The summed E-state index contributed by atoms with van der Waals surface area (Å²) in [4.78, 5) is 17.9. The van der Waals surface area contributed by atoms with E-state index in [-0.39, 0.29) is 5.91 Å². The average Bonchev–Trinajstić information content (AvgIpc) is 2.73. The van der Waals surface area contributed by atoms with Crippen LogP contribution in [-0.4, -0.2) is 43.9 Å². The first-order valence-electron chi connectivity index (χ1n) is 9.99. The van der Waals surface area contributed by atoms with E-state index in [0.29, 0.717) is 73.2 Å². The van der Waals surface area contributed by atoms with E-state index in [4.69, 9.17) is 37.4 Å². The summed E-state index contributed by atoms with van der Waals surface area (Å²) in [7, 11) is 0. The Balaban J connectivity index is 1.79. The summed E-state index contributed by atoms with van der Waals surface area (Å²) in [6.45, 7) is 6.29. The molecule has 0 bridgehead atoms. The Kier molecular flexibility index (Phi) is 7.94. The third-order valence-corrected chi connectivity index (χ3v) is 5.77. The second-order valence-corrected chi connectivity index (χ2v) is 7.94. The smallest absolute Gasteiger partial charge is 0.235 e. The monoisotopic (exact) mass is 452 g/mol. The number of aryl methyl sites for hydroxylation is 1. The molecule has 1 fully saturated rings. The molecule has 0 aliphatic carbocycles.